The molecule has 1 N–H and O–H groups in total. The van der Waals surface area contributed by atoms with Crippen LogP contribution in [0.5, 0.6) is 0 Å². The van der Waals surface area contributed by atoms with Gasteiger partial charge < -0.3 is 14.5 Å². The Hall–Kier alpha value is -2.06. The van der Waals surface area contributed by atoms with Crippen LogP contribution in [0.15, 0.2) is 28.7 Å². The van der Waals surface area contributed by atoms with Crippen molar-refractivity contribution in [2.45, 2.75) is 12.5 Å². The Morgan fingerprint density at radius 3 is 2.83 bits per heavy atom. The van der Waals surface area contributed by atoms with Gasteiger partial charge >= 0.3 is 5.97 Å². The Morgan fingerprint density at radius 1 is 1.33 bits per heavy atom. The molecular weight excluding hydrogens is 358 g/mol. The predicted molar refractivity (Wildman–Crippen MR) is 86.7 cm³/mol. The Morgan fingerprint density at radius 2 is 2.12 bits per heavy atom. The summed E-state index contributed by atoms with van der Waals surface area (Å²) in [5.41, 5.74) is 0.479. The summed E-state index contributed by atoms with van der Waals surface area (Å²) < 4.78 is 32.9. The van der Waals surface area contributed by atoms with Gasteiger partial charge in [0, 0.05) is 16.5 Å². The van der Waals surface area contributed by atoms with Crippen LogP contribution < -0.4 is 5.32 Å². The highest BCUT2D eigenvalue weighted by Crippen LogP contribution is 2.23. The van der Waals surface area contributed by atoms with E-state index in [0.717, 1.165) is 0 Å². The van der Waals surface area contributed by atoms with E-state index in [4.69, 9.17) is 20.8 Å². The number of benzene rings is 1. The van der Waals surface area contributed by atoms with Gasteiger partial charge in [0.05, 0.1) is 11.5 Å². The van der Waals surface area contributed by atoms with Crippen molar-refractivity contribution in [2.75, 3.05) is 18.1 Å². The van der Waals surface area contributed by atoms with Crippen LogP contribution in [0.2, 0.25) is 5.02 Å². The van der Waals surface area contributed by atoms with Gasteiger partial charge in [-0.25, -0.2) is 13.2 Å². The van der Waals surface area contributed by atoms with Crippen LogP contribution in [0, 0.1) is 0 Å². The average molecular weight is 372 g/mol. The highest BCUT2D eigenvalue weighted by atomic mass is 35.5. The molecule has 1 amide bonds. The molecule has 0 bridgehead atoms. The lowest BCUT2D eigenvalue weighted by Crippen LogP contribution is -2.38. The molecule has 128 valence electrons. The van der Waals surface area contributed by atoms with Crippen molar-refractivity contribution in [3.8, 4) is 0 Å². The first-order valence-corrected chi connectivity index (χ1v) is 9.38. The molecule has 2 heterocycles. The van der Waals surface area contributed by atoms with Gasteiger partial charge in [0.1, 0.15) is 5.58 Å². The summed E-state index contributed by atoms with van der Waals surface area (Å²) >= 11 is 5.86. The highest BCUT2D eigenvalue weighted by Gasteiger charge is 2.29. The lowest BCUT2D eigenvalue weighted by atomic mass is 10.2. The topological polar surface area (TPSA) is 103 Å². The molecule has 0 unspecified atom stereocenters. The van der Waals surface area contributed by atoms with Crippen LogP contribution >= 0.6 is 11.6 Å². The van der Waals surface area contributed by atoms with Gasteiger partial charge in [0.25, 0.3) is 5.91 Å². The summed E-state index contributed by atoms with van der Waals surface area (Å²) in [4.78, 5) is 23.7. The maximum Gasteiger partial charge on any atom is 0.374 e. The number of esters is 1. The normalized spacial score (nSPS) is 19.3. The van der Waals surface area contributed by atoms with Gasteiger partial charge in [-0.3, -0.25) is 4.79 Å². The second-order valence-corrected chi connectivity index (χ2v) is 8.20. The molecule has 24 heavy (non-hydrogen) atoms. The lowest BCUT2D eigenvalue weighted by Gasteiger charge is -2.10. The van der Waals surface area contributed by atoms with Gasteiger partial charge in [-0.1, -0.05) is 11.6 Å². The first-order chi connectivity index (χ1) is 11.3. The Kier molecular flexibility index (Phi) is 4.51. The minimum absolute atomic E-state index is 0.0384. The second-order valence-electron chi connectivity index (χ2n) is 5.54. The molecule has 1 aromatic carbocycles. The molecule has 0 aliphatic carbocycles. The van der Waals surface area contributed by atoms with Gasteiger partial charge in [-0.15, -0.1) is 0 Å². The molecule has 0 radical (unpaired) electrons. The van der Waals surface area contributed by atoms with E-state index in [0.29, 0.717) is 22.4 Å². The smallest absolute Gasteiger partial charge is 0.374 e. The molecule has 7 nitrogen and oxygen atoms in total. The van der Waals surface area contributed by atoms with Crippen LogP contribution in [-0.2, 0) is 19.4 Å². The number of rotatable bonds is 4. The molecule has 3 rings (SSSR count). The van der Waals surface area contributed by atoms with E-state index in [-0.39, 0.29) is 17.3 Å². The van der Waals surface area contributed by atoms with E-state index < -0.39 is 34.4 Å². The standard InChI is InChI=1S/C15H14ClNO6S/c16-10-1-2-12-9(5-10)6-13(23-12)15(19)22-7-14(18)17-11-3-4-24(20,21)8-11/h1-2,5-6,11H,3-4,7-8H2,(H,17,18)/t11-/m1/s1. The van der Waals surface area contributed by atoms with Gasteiger partial charge in [-0.05, 0) is 30.7 Å². The maximum absolute atomic E-state index is 11.9. The van der Waals surface area contributed by atoms with E-state index in [1.165, 1.54) is 6.07 Å². The first kappa shape index (κ1) is 16.8. The van der Waals surface area contributed by atoms with Crippen molar-refractivity contribution >= 4 is 44.3 Å². The quantitative estimate of drug-likeness (QED) is 0.818. The molecule has 1 aliphatic rings. The summed E-state index contributed by atoms with van der Waals surface area (Å²) in [7, 11) is -3.08. The number of furan rings is 1. The van der Waals surface area contributed by atoms with Crippen molar-refractivity contribution in [3.63, 3.8) is 0 Å². The maximum atomic E-state index is 11.9. The van der Waals surface area contributed by atoms with E-state index in [2.05, 4.69) is 5.32 Å². The fourth-order valence-electron chi connectivity index (χ4n) is 2.50. The third kappa shape index (κ3) is 3.88. The minimum Gasteiger partial charge on any atom is -0.450 e. The van der Waals surface area contributed by atoms with E-state index in [9.17, 15) is 18.0 Å². The molecule has 0 spiro atoms. The fraction of sp³-hybridized carbons (Fsp3) is 0.333. The zero-order valence-corrected chi connectivity index (χ0v) is 14.0. The number of amides is 1. The van der Waals surface area contributed by atoms with Crippen molar-refractivity contribution in [3.05, 3.63) is 35.0 Å². The monoisotopic (exact) mass is 371 g/mol. The van der Waals surface area contributed by atoms with E-state index in [1.807, 2.05) is 0 Å². The van der Waals surface area contributed by atoms with Crippen molar-refractivity contribution in [1.29, 1.82) is 0 Å². The van der Waals surface area contributed by atoms with Crippen LogP contribution in [0.4, 0.5) is 0 Å². The minimum atomic E-state index is -3.08. The predicted octanol–water partition coefficient (Wildman–Crippen LogP) is 1.55. The van der Waals surface area contributed by atoms with Crippen LogP contribution in [0.1, 0.15) is 17.0 Å². The SMILES string of the molecule is O=C(COC(=O)c1cc2cc(Cl)ccc2o1)N[C@@H]1CCS(=O)(=O)C1. The summed E-state index contributed by atoms with van der Waals surface area (Å²) in [6.45, 7) is -0.507. The van der Waals surface area contributed by atoms with Crippen molar-refractivity contribution in [2.24, 2.45) is 0 Å². The van der Waals surface area contributed by atoms with E-state index >= 15 is 0 Å². The number of hydrogen-bond acceptors (Lipinski definition) is 6. The fourth-order valence-corrected chi connectivity index (χ4v) is 4.35. The van der Waals surface area contributed by atoms with Gasteiger partial charge in [0.2, 0.25) is 5.76 Å². The molecule has 1 aromatic heterocycles. The summed E-state index contributed by atoms with van der Waals surface area (Å²) in [6.07, 6.45) is 0.367. The third-order valence-corrected chi connectivity index (χ3v) is 5.61. The lowest BCUT2D eigenvalue weighted by molar-refractivity contribution is -0.124. The molecule has 0 saturated carbocycles. The van der Waals surface area contributed by atoms with Crippen molar-refractivity contribution < 1.29 is 27.2 Å². The molecule has 1 atom stereocenters. The molecule has 1 saturated heterocycles. The Balaban J connectivity index is 1.55. The molecular formula is C15H14ClNO6S. The average Bonchev–Trinajstić information content (AvgIpc) is 3.07. The third-order valence-electron chi connectivity index (χ3n) is 3.61. The summed E-state index contributed by atoms with van der Waals surface area (Å²) in [6, 6.07) is 5.94. The molecule has 9 heteroatoms. The number of hydrogen-bond donors (Lipinski definition) is 1. The van der Waals surface area contributed by atoms with Crippen LogP contribution in [0.25, 0.3) is 11.0 Å². The van der Waals surface area contributed by atoms with Crippen molar-refractivity contribution in [1.82, 2.24) is 5.32 Å². The highest BCUT2D eigenvalue weighted by molar-refractivity contribution is 7.91. The van der Waals surface area contributed by atoms with Gasteiger partial charge in [-0.2, -0.15) is 0 Å². The summed E-state index contributed by atoms with van der Waals surface area (Å²) in [5, 5.41) is 3.69. The second kappa shape index (κ2) is 6.45. The molecule has 2 aromatic rings. The molecule has 1 aliphatic heterocycles. The number of fused-ring (bicyclic) bond motifs is 1. The number of ether oxygens (including phenoxy) is 1. The largest absolute Gasteiger partial charge is 0.450 e. The summed E-state index contributed by atoms with van der Waals surface area (Å²) in [5.74, 6) is -1.40. The van der Waals surface area contributed by atoms with Crippen LogP contribution in [0.3, 0.4) is 0 Å². The van der Waals surface area contributed by atoms with Crippen LogP contribution in [-0.4, -0.2) is 44.4 Å². The number of halogens is 1. The van der Waals surface area contributed by atoms with E-state index in [1.54, 1.807) is 18.2 Å². The Labute approximate surface area is 142 Å². The first-order valence-electron chi connectivity index (χ1n) is 7.18. The molecule has 1 fully saturated rings. The number of carbonyl (C=O) groups excluding carboxylic acids is 2. The zero-order chi connectivity index (χ0) is 17.3. The zero-order valence-electron chi connectivity index (χ0n) is 12.5. The number of nitrogens with one attached hydrogen (secondary N) is 1. The number of carbonyl (C=O) groups is 2. The Bertz CT molecular complexity index is 904. The number of sulfone groups is 1. The van der Waals surface area contributed by atoms with Gasteiger partial charge in [0.15, 0.2) is 16.4 Å².